The number of hydrogen-bond acceptors (Lipinski definition) is 3. The third kappa shape index (κ3) is 6.80. The van der Waals surface area contributed by atoms with Crippen molar-refractivity contribution in [1.82, 2.24) is 10.2 Å². The molecule has 0 saturated heterocycles. The average Bonchev–Trinajstić information content (AvgIpc) is 2.16. The minimum atomic E-state index is -0.113. The molecule has 1 unspecified atom stereocenters. The summed E-state index contributed by atoms with van der Waals surface area (Å²) in [7, 11) is 5.28. The highest BCUT2D eigenvalue weighted by atomic mass is 16.5. The van der Waals surface area contributed by atoms with E-state index in [1.807, 2.05) is 0 Å². The first kappa shape index (κ1) is 15.4. The second-order valence-electron chi connectivity index (χ2n) is 5.06. The smallest absolute Gasteiger partial charge is 0.223 e. The number of carbonyl (C=O) groups excluding carboxylic acids is 1. The molecule has 0 radical (unpaired) electrons. The van der Waals surface area contributed by atoms with Crippen LogP contribution in [0, 0.1) is 0 Å². The van der Waals surface area contributed by atoms with Gasteiger partial charge in [0.1, 0.15) is 0 Å². The number of carbonyl (C=O) groups is 1. The van der Waals surface area contributed by atoms with Crippen LogP contribution in [-0.2, 0) is 9.53 Å². The van der Waals surface area contributed by atoms with E-state index >= 15 is 0 Å². The van der Waals surface area contributed by atoms with Crippen molar-refractivity contribution in [2.75, 3.05) is 27.7 Å². The van der Waals surface area contributed by atoms with Gasteiger partial charge in [0.15, 0.2) is 0 Å². The van der Waals surface area contributed by atoms with Crippen LogP contribution in [0.4, 0.5) is 0 Å². The Kier molecular flexibility index (Phi) is 6.60. The van der Waals surface area contributed by atoms with Crippen LogP contribution in [0.3, 0.4) is 0 Å². The first-order valence-electron chi connectivity index (χ1n) is 5.77. The number of amides is 1. The van der Waals surface area contributed by atoms with E-state index in [0.717, 1.165) is 13.0 Å². The van der Waals surface area contributed by atoms with E-state index in [1.165, 1.54) is 0 Å². The Morgan fingerprint density at radius 3 is 2.44 bits per heavy atom. The topological polar surface area (TPSA) is 41.6 Å². The first-order valence-corrected chi connectivity index (χ1v) is 5.77. The fraction of sp³-hybridized carbons (Fsp3) is 0.917. The minimum Gasteiger partial charge on any atom is -0.379 e. The average molecular weight is 230 g/mol. The molecule has 0 heterocycles. The zero-order valence-electron chi connectivity index (χ0n) is 11.5. The van der Waals surface area contributed by atoms with Crippen molar-refractivity contribution >= 4 is 5.91 Å². The van der Waals surface area contributed by atoms with E-state index in [9.17, 15) is 4.79 Å². The molecule has 0 spiro atoms. The maximum absolute atomic E-state index is 11.3. The zero-order chi connectivity index (χ0) is 12.8. The third-order valence-corrected chi connectivity index (χ3v) is 2.68. The number of rotatable bonds is 7. The van der Waals surface area contributed by atoms with Crippen LogP contribution in [0.25, 0.3) is 0 Å². The van der Waals surface area contributed by atoms with Gasteiger partial charge >= 0.3 is 0 Å². The molecule has 0 bridgehead atoms. The van der Waals surface area contributed by atoms with Crippen molar-refractivity contribution in [3.63, 3.8) is 0 Å². The van der Waals surface area contributed by atoms with Crippen molar-refractivity contribution in [1.29, 1.82) is 0 Å². The highest BCUT2D eigenvalue weighted by molar-refractivity contribution is 5.75. The molecule has 1 N–H and O–H groups in total. The van der Waals surface area contributed by atoms with Gasteiger partial charge in [-0.1, -0.05) is 0 Å². The molecule has 0 aromatic heterocycles. The molecule has 16 heavy (non-hydrogen) atoms. The van der Waals surface area contributed by atoms with Crippen LogP contribution in [0.5, 0.6) is 0 Å². The molecule has 0 aromatic rings. The zero-order valence-corrected chi connectivity index (χ0v) is 11.5. The van der Waals surface area contributed by atoms with E-state index in [0.29, 0.717) is 12.5 Å². The van der Waals surface area contributed by atoms with Gasteiger partial charge in [-0.25, -0.2) is 0 Å². The van der Waals surface area contributed by atoms with E-state index < -0.39 is 0 Å². The maximum Gasteiger partial charge on any atom is 0.223 e. The monoisotopic (exact) mass is 230 g/mol. The van der Waals surface area contributed by atoms with Crippen LogP contribution in [0.15, 0.2) is 0 Å². The summed E-state index contributed by atoms with van der Waals surface area (Å²) in [5, 5.41) is 3.33. The third-order valence-electron chi connectivity index (χ3n) is 2.68. The molecule has 4 heteroatoms. The number of methoxy groups -OCH3 is 1. The van der Waals surface area contributed by atoms with Gasteiger partial charge in [-0.3, -0.25) is 4.79 Å². The van der Waals surface area contributed by atoms with Crippen LogP contribution >= 0.6 is 0 Å². The van der Waals surface area contributed by atoms with Crippen LogP contribution in [0.2, 0.25) is 0 Å². The van der Waals surface area contributed by atoms with Gasteiger partial charge in [-0.2, -0.15) is 0 Å². The highest BCUT2D eigenvalue weighted by Crippen LogP contribution is 2.15. The lowest BCUT2D eigenvalue weighted by atomic mass is 10.00. The second kappa shape index (κ2) is 6.86. The summed E-state index contributed by atoms with van der Waals surface area (Å²) < 4.78 is 5.36. The molecular formula is C12H26N2O2. The molecule has 0 saturated carbocycles. The van der Waals surface area contributed by atoms with Crippen molar-refractivity contribution < 1.29 is 9.53 Å². The molecule has 96 valence electrons. The number of nitrogens with one attached hydrogen (secondary N) is 1. The van der Waals surface area contributed by atoms with Crippen molar-refractivity contribution in [2.24, 2.45) is 0 Å². The lowest BCUT2D eigenvalue weighted by molar-refractivity contribution is -0.128. The van der Waals surface area contributed by atoms with E-state index in [2.05, 4.69) is 26.1 Å². The fourth-order valence-electron chi connectivity index (χ4n) is 1.54. The summed E-state index contributed by atoms with van der Waals surface area (Å²) in [4.78, 5) is 12.9. The standard InChI is InChI=1S/C12H26N2O2/c1-10(9-12(2,3)16-6)13-8-7-11(15)14(4)5/h10,13H,7-9H2,1-6H3. The van der Waals surface area contributed by atoms with Gasteiger partial charge in [0.2, 0.25) is 5.91 Å². The summed E-state index contributed by atoms with van der Waals surface area (Å²) in [5.74, 6) is 0.158. The summed E-state index contributed by atoms with van der Waals surface area (Å²) in [6.07, 6.45) is 1.48. The van der Waals surface area contributed by atoms with Crippen LogP contribution in [-0.4, -0.2) is 50.2 Å². The normalized spacial score (nSPS) is 13.6. The quantitative estimate of drug-likeness (QED) is 0.716. The number of hydrogen-bond donors (Lipinski definition) is 1. The Bertz CT molecular complexity index is 215. The molecule has 0 aromatic carbocycles. The van der Waals surface area contributed by atoms with Crippen molar-refractivity contribution in [2.45, 2.75) is 45.3 Å². The van der Waals surface area contributed by atoms with Gasteiger partial charge in [-0.15, -0.1) is 0 Å². The SMILES string of the molecule is COC(C)(C)CC(C)NCCC(=O)N(C)C. The Morgan fingerprint density at radius 2 is 2.00 bits per heavy atom. The number of ether oxygens (including phenoxy) is 1. The molecule has 0 aliphatic carbocycles. The molecule has 0 fully saturated rings. The molecule has 0 aliphatic heterocycles. The second-order valence-corrected chi connectivity index (χ2v) is 5.06. The maximum atomic E-state index is 11.3. The van der Waals surface area contributed by atoms with Gasteiger partial charge in [0, 0.05) is 40.2 Å². The van der Waals surface area contributed by atoms with E-state index in [4.69, 9.17) is 4.74 Å². The fourth-order valence-corrected chi connectivity index (χ4v) is 1.54. The predicted octanol–water partition coefficient (Wildman–Crippen LogP) is 1.26. The lowest BCUT2D eigenvalue weighted by Crippen LogP contribution is -2.37. The summed E-state index contributed by atoms with van der Waals surface area (Å²) in [5.41, 5.74) is -0.113. The van der Waals surface area contributed by atoms with Gasteiger partial charge in [0.05, 0.1) is 5.60 Å². The van der Waals surface area contributed by atoms with E-state index in [-0.39, 0.29) is 11.5 Å². The summed E-state index contributed by atoms with van der Waals surface area (Å²) >= 11 is 0. The van der Waals surface area contributed by atoms with Crippen molar-refractivity contribution in [3.05, 3.63) is 0 Å². The molecule has 1 amide bonds. The highest BCUT2D eigenvalue weighted by Gasteiger charge is 2.19. The largest absolute Gasteiger partial charge is 0.379 e. The molecule has 1 atom stereocenters. The van der Waals surface area contributed by atoms with Gasteiger partial charge in [-0.05, 0) is 27.2 Å². The Morgan fingerprint density at radius 1 is 1.44 bits per heavy atom. The Balaban J connectivity index is 3.74. The summed E-state index contributed by atoms with van der Waals surface area (Å²) in [6.45, 7) is 6.96. The van der Waals surface area contributed by atoms with Crippen LogP contribution < -0.4 is 5.32 Å². The Labute approximate surface area is 99.3 Å². The predicted molar refractivity (Wildman–Crippen MR) is 66.5 cm³/mol. The lowest BCUT2D eigenvalue weighted by Gasteiger charge is -2.27. The number of nitrogens with zero attached hydrogens (tertiary/aromatic N) is 1. The molecule has 0 rings (SSSR count). The van der Waals surface area contributed by atoms with Gasteiger partial charge in [0.25, 0.3) is 0 Å². The van der Waals surface area contributed by atoms with Crippen molar-refractivity contribution in [3.8, 4) is 0 Å². The Hall–Kier alpha value is -0.610. The van der Waals surface area contributed by atoms with Crippen LogP contribution in [0.1, 0.15) is 33.6 Å². The molecule has 4 nitrogen and oxygen atoms in total. The summed E-state index contributed by atoms with van der Waals surface area (Å²) in [6, 6.07) is 0.352. The van der Waals surface area contributed by atoms with E-state index in [1.54, 1.807) is 26.1 Å². The minimum absolute atomic E-state index is 0.113. The molecular weight excluding hydrogens is 204 g/mol. The first-order chi connectivity index (χ1) is 7.28. The molecule has 0 aliphatic rings. The van der Waals surface area contributed by atoms with Gasteiger partial charge < -0.3 is 15.0 Å².